The summed E-state index contributed by atoms with van der Waals surface area (Å²) >= 11 is 0. The van der Waals surface area contributed by atoms with Crippen LogP contribution >= 0.6 is 0 Å². The molecule has 0 saturated heterocycles. The van der Waals surface area contributed by atoms with E-state index in [9.17, 15) is 4.79 Å². The number of aryl methyl sites for hydroxylation is 2. The van der Waals surface area contributed by atoms with Gasteiger partial charge in [0.2, 0.25) is 0 Å². The van der Waals surface area contributed by atoms with Crippen LogP contribution in [0.25, 0.3) is 11.0 Å². The minimum Gasteiger partial charge on any atom is -0.478 e. The second-order valence-electron chi connectivity index (χ2n) is 7.69. The second-order valence-corrected chi connectivity index (χ2v) is 7.69. The lowest BCUT2D eigenvalue weighted by molar-refractivity contribution is 0.0482. The van der Waals surface area contributed by atoms with Gasteiger partial charge in [0.15, 0.2) is 0 Å². The summed E-state index contributed by atoms with van der Waals surface area (Å²) in [6, 6.07) is 13.1. The van der Waals surface area contributed by atoms with E-state index in [-0.39, 0.29) is 5.63 Å². The highest BCUT2D eigenvalue weighted by Crippen LogP contribution is 2.40. The van der Waals surface area contributed by atoms with E-state index in [0.717, 1.165) is 41.6 Å². The van der Waals surface area contributed by atoms with E-state index in [2.05, 4.69) is 29.2 Å². The number of ether oxygens (including phenoxy) is 1. The molecule has 138 valence electrons. The molecule has 0 saturated carbocycles. The van der Waals surface area contributed by atoms with E-state index in [4.69, 9.17) is 9.15 Å². The Hall–Kier alpha value is -2.59. The molecule has 0 N–H and O–H groups in total. The van der Waals surface area contributed by atoms with Crippen LogP contribution in [0, 0.1) is 13.8 Å². The Morgan fingerprint density at radius 1 is 1.07 bits per heavy atom. The zero-order chi connectivity index (χ0) is 18.5. The van der Waals surface area contributed by atoms with Gasteiger partial charge in [-0.2, -0.15) is 0 Å². The van der Waals surface area contributed by atoms with Gasteiger partial charge in [-0.1, -0.05) is 24.3 Å². The Labute approximate surface area is 158 Å². The predicted molar refractivity (Wildman–Crippen MR) is 105 cm³/mol. The average molecular weight is 361 g/mol. The molecule has 0 fully saturated rings. The maximum Gasteiger partial charge on any atom is 0.339 e. The number of hydrogen-bond acceptors (Lipinski definition) is 4. The molecule has 1 aliphatic heterocycles. The van der Waals surface area contributed by atoms with Gasteiger partial charge >= 0.3 is 5.63 Å². The average Bonchev–Trinajstić information content (AvgIpc) is 2.71. The third-order valence-electron chi connectivity index (χ3n) is 6.21. The molecule has 0 unspecified atom stereocenters. The first-order chi connectivity index (χ1) is 13.1. The Bertz CT molecular complexity index is 1100. The molecule has 4 nitrogen and oxygen atoms in total. The topological polar surface area (TPSA) is 42.7 Å². The predicted octanol–water partition coefficient (Wildman–Crippen LogP) is 4.64. The third kappa shape index (κ3) is 2.59. The molecule has 0 spiro atoms. The van der Waals surface area contributed by atoms with Crippen molar-refractivity contribution in [3.63, 3.8) is 0 Å². The molecule has 1 atom stereocenters. The molecule has 4 heteroatoms. The minimum absolute atomic E-state index is 0.256. The molecule has 27 heavy (non-hydrogen) atoms. The number of hydrogen-bond donors (Lipinski definition) is 0. The van der Waals surface area contributed by atoms with E-state index < -0.39 is 0 Å². The van der Waals surface area contributed by atoms with E-state index in [1.165, 1.54) is 17.5 Å². The lowest BCUT2D eigenvalue weighted by atomic mass is 9.86. The summed E-state index contributed by atoms with van der Waals surface area (Å²) in [6.07, 6.45) is 3.46. The summed E-state index contributed by atoms with van der Waals surface area (Å²) in [5, 5.41) is 1.00. The number of nitrogens with zero attached hydrogens (tertiary/aromatic N) is 1. The first-order valence-corrected chi connectivity index (χ1v) is 9.64. The van der Waals surface area contributed by atoms with Crippen molar-refractivity contribution in [3.8, 4) is 5.75 Å². The van der Waals surface area contributed by atoms with Gasteiger partial charge in [0.25, 0.3) is 0 Å². The van der Waals surface area contributed by atoms with Crippen LogP contribution in [0.3, 0.4) is 0 Å². The molecule has 2 heterocycles. The number of benzene rings is 2. The van der Waals surface area contributed by atoms with Crippen molar-refractivity contribution in [1.82, 2.24) is 4.90 Å². The SMILES string of the molecule is Cc1c(C)c2ccc3c(c2oc1=O)CN([C@@H]1CCCc2ccccc21)CO3. The minimum atomic E-state index is -0.256. The van der Waals surface area contributed by atoms with Crippen LogP contribution in [0.1, 0.15) is 46.7 Å². The van der Waals surface area contributed by atoms with Gasteiger partial charge in [-0.3, -0.25) is 4.90 Å². The Balaban J connectivity index is 1.59. The molecular weight excluding hydrogens is 338 g/mol. The molecule has 5 rings (SSSR count). The van der Waals surface area contributed by atoms with Crippen LogP contribution in [-0.4, -0.2) is 11.6 Å². The van der Waals surface area contributed by atoms with Crippen LogP contribution in [0.4, 0.5) is 0 Å². The van der Waals surface area contributed by atoms with Crippen LogP contribution in [0.2, 0.25) is 0 Å². The van der Waals surface area contributed by atoms with Crippen molar-refractivity contribution >= 4 is 11.0 Å². The highest BCUT2D eigenvalue weighted by atomic mass is 16.5. The van der Waals surface area contributed by atoms with Crippen molar-refractivity contribution in [2.75, 3.05) is 6.73 Å². The fourth-order valence-corrected chi connectivity index (χ4v) is 4.54. The van der Waals surface area contributed by atoms with Gasteiger partial charge < -0.3 is 9.15 Å². The van der Waals surface area contributed by atoms with Crippen LogP contribution in [0.5, 0.6) is 5.75 Å². The first kappa shape index (κ1) is 16.6. The van der Waals surface area contributed by atoms with Crippen LogP contribution < -0.4 is 10.4 Å². The maximum absolute atomic E-state index is 12.3. The Kier molecular flexibility index (Phi) is 3.83. The summed E-state index contributed by atoms with van der Waals surface area (Å²) in [5.74, 6) is 0.828. The highest BCUT2D eigenvalue weighted by Gasteiger charge is 2.30. The molecule has 0 radical (unpaired) electrons. The monoisotopic (exact) mass is 361 g/mol. The fourth-order valence-electron chi connectivity index (χ4n) is 4.54. The van der Waals surface area contributed by atoms with E-state index in [1.54, 1.807) is 0 Å². The summed E-state index contributed by atoms with van der Waals surface area (Å²) < 4.78 is 11.8. The van der Waals surface area contributed by atoms with E-state index in [1.807, 2.05) is 26.0 Å². The maximum atomic E-state index is 12.3. The molecule has 1 aliphatic carbocycles. The van der Waals surface area contributed by atoms with Gasteiger partial charge in [0.05, 0.1) is 5.56 Å². The van der Waals surface area contributed by atoms with Crippen molar-refractivity contribution in [2.24, 2.45) is 0 Å². The third-order valence-corrected chi connectivity index (χ3v) is 6.21. The number of fused-ring (bicyclic) bond motifs is 4. The second kappa shape index (κ2) is 6.24. The quantitative estimate of drug-likeness (QED) is 0.592. The molecule has 1 aromatic heterocycles. The van der Waals surface area contributed by atoms with Crippen molar-refractivity contribution in [2.45, 2.75) is 45.7 Å². The lowest BCUT2D eigenvalue weighted by Gasteiger charge is -2.38. The molecule has 0 amide bonds. The Morgan fingerprint density at radius 2 is 1.93 bits per heavy atom. The molecule has 2 aliphatic rings. The van der Waals surface area contributed by atoms with Gasteiger partial charge in [-0.15, -0.1) is 0 Å². The van der Waals surface area contributed by atoms with Crippen molar-refractivity contribution in [1.29, 1.82) is 0 Å². The molecular formula is C23H23NO3. The van der Waals surface area contributed by atoms with Gasteiger partial charge in [0, 0.05) is 23.5 Å². The summed E-state index contributed by atoms with van der Waals surface area (Å²) in [6.45, 7) is 5.10. The van der Waals surface area contributed by atoms with Gasteiger partial charge in [-0.25, -0.2) is 4.79 Å². The summed E-state index contributed by atoms with van der Waals surface area (Å²) in [7, 11) is 0. The molecule has 2 aromatic carbocycles. The smallest absolute Gasteiger partial charge is 0.339 e. The number of rotatable bonds is 1. The first-order valence-electron chi connectivity index (χ1n) is 9.64. The Morgan fingerprint density at radius 3 is 2.81 bits per heavy atom. The van der Waals surface area contributed by atoms with Crippen LogP contribution in [-0.2, 0) is 13.0 Å². The van der Waals surface area contributed by atoms with Gasteiger partial charge in [0.1, 0.15) is 18.1 Å². The zero-order valence-corrected chi connectivity index (χ0v) is 15.7. The van der Waals surface area contributed by atoms with E-state index in [0.29, 0.717) is 23.9 Å². The largest absolute Gasteiger partial charge is 0.478 e. The highest BCUT2D eigenvalue weighted by molar-refractivity contribution is 5.85. The fraction of sp³-hybridized carbons (Fsp3) is 0.348. The van der Waals surface area contributed by atoms with E-state index >= 15 is 0 Å². The van der Waals surface area contributed by atoms with Gasteiger partial charge in [-0.05, 0) is 61.9 Å². The summed E-state index contributed by atoms with van der Waals surface area (Å²) in [5.41, 5.74) is 5.92. The van der Waals surface area contributed by atoms with Crippen molar-refractivity contribution in [3.05, 3.63) is 74.6 Å². The van der Waals surface area contributed by atoms with Crippen molar-refractivity contribution < 1.29 is 9.15 Å². The summed E-state index contributed by atoms with van der Waals surface area (Å²) in [4.78, 5) is 14.6. The van der Waals surface area contributed by atoms with Crippen LogP contribution in [0.15, 0.2) is 45.6 Å². The normalized spacial score (nSPS) is 19.4. The standard InChI is InChI=1S/C23H23NO3/c1-14-15(2)23(25)27-22-17(14)10-11-21-19(22)12-24(13-26-21)20-9-5-7-16-6-3-4-8-18(16)20/h3-4,6,8,10-11,20H,5,7,9,12-13H2,1-2H3/t20-/m1/s1. The zero-order valence-electron chi connectivity index (χ0n) is 15.7. The molecule has 0 bridgehead atoms. The molecule has 3 aromatic rings. The lowest BCUT2D eigenvalue weighted by Crippen LogP contribution is -2.37.